The van der Waals surface area contributed by atoms with Crippen molar-refractivity contribution in [3.63, 3.8) is 0 Å². The third-order valence-corrected chi connectivity index (χ3v) is 5.08. The fraction of sp³-hybridized carbons (Fsp3) is 0.296. The summed E-state index contributed by atoms with van der Waals surface area (Å²) in [6.07, 6.45) is 7.17. The molecule has 2 nitrogen and oxygen atoms in total. The summed E-state index contributed by atoms with van der Waals surface area (Å²) in [7, 11) is 0. The zero-order valence-corrected chi connectivity index (χ0v) is 18.2. The average molecular weight is 386 g/mol. The summed E-state index contributed by atoms with van der Waals surface area (Å²) in [5.74, 6) is 1.21. The van der Waals surface area contributed by atoms with E-state index in [4.69, 9.17) is 0 Å². The molecule has 0 radical (unpaired) electrons. The van der Waals surface area contributed by atoms with E-state index in [0.717, 1.165) is 24.2 Å². The van der Waals surface area contributed by atoms with Crippen LogP contribution in [-0.4, -0.2) is 4.57 Å². The second-order valence-electron chi connectivity index (χ2n) is 8.56. The largest absolute Gasteiger partial charge is 0.250 e. The Kier molecular flexibility index (Phi) is 6.53. The fourth-order valence-corrected chi connectivity index (χ4v) is 3.81. The topological polar surface area (TPSA) is 8.81 Å². The molecule has 2 aromatic carbocycles. The van der Waals surface area contributed by atoms with E-state index in [1.807, 2.05) is 12.2 Å². The van der Waals surface area contributed by atoms with Crippen molar-refractivity contribution in [2.75, 3.05) is 0 Å². The van der Waals surface area contributed by atoms with Gasteiger partial charge < -0.3 is 0 Å². The maximum Gasteiger partial charge on any atom is 0.250 e. The monoisotopic (exact) mass is 385 g/mol. The van der Waals surface area contributed by atoms with E-state index in [1.165, 1.54) is 22.5 Å². The van der Waals surface area contributed by atoms with Crippen LogP contribution in [-0.2, 0) is 13.0 Å². The molecule has 1 heterocycles. The standard InChI is InChI=1S/C27H33N2/c1-7-22-9-13-24(14-10-22)27-26(8-2)29(19-28(27)18-21(5)6)25-15-11-23(12-16-25)17-20(3)4/h7-16,19-21H,1-2,17-18H2,3-6H3/q+1. The predicted octanol–water partition coefficient (Wildman–Crippen LogP) is 6.57. The van der Waals surface area contributed by atoms with E-state index >= 15 is 0 Å². The molecule has 0 aliphatic carbocycles. The molecule has 3 rings (SSSR count). The van der Waals surface area contributed by atoms with E-state index in [0.29, 0.717) is 11.8 Å². The molecule has 0 aliphatic heterocycles. The van der Waals surface area contributed by atoms with Crippen LogP contribution in [0.4, 0.5) is 0 Å². The molecular formula is C27H33N2+. The highest BCUT2D eigenvalue weighted by atomic mass is 15.1. The van der Waals surface area contributed by atoms with Gasteiger partial charge in [-0.25, -0.2) is 4.57 Å². The van der Waals surface area contributed by atoms with E-state index in [-0.39, 0.29) is 0 Å². The zero-order valence-electron chi connectivity index (χ0n) is 18.2. The minimum absolute atomic E-state index is 0.549. The van der Waals surface area contributed by atoms with Crippen LogP contribution in [0.25, 0.3) is 29.1 Å². The van der Waals surface area contributed by atoms with E-state index < -0.39 is 0 Å². The molecule has 0 saturated carbocycles. The Morgan fingerprint density at radius 1 is 0.862 bits per heavy atom. The van der Waals surface area contributed by atoms with Crippen LogP contribution >= 0.6 is 0 Å². The van der Waals surface area contributed by atoms with Gasteiger partial charge in [-0.1, -0.05) is 71.2 Å². The Labute approximate surface area is 175 Å². The summed E-state index contributed by atoms with van der Waals surface area (Å²) in [5, 5.41) is 0. The van der Waals surface area contributed by atoms with Crippen molar-refractivity contribution in [3.8, 4) is 16.9 Å². The summed E-state index contributed by atoms with van der Waals surface area (Å²) in [6.45, 7) is 18.0. The molecule has 0 amide bonds. The predicted molar refractivity (Wildman–Crippen MR) is 125 cm³/mol. The zero-order chi connectivity index (χ0) is 21.0. The van der Waals surface area contributed by atoms with Crippen LogP contribution in [0.15, 0.2) is 68.0 Å². The average Bonchev–Trinajstić information content (AvgIpc) is 3.05. The van der Waals surface area contributed by atoms with Gasteiger partial charge in [-0.15, -0.1) is 0 Å². The highest BCUT2D eigenvalue weighted by Gasteiger charge is 2.24. The Hall–Kier alpha value is -2.87. The first-order valence-corrected chi connectivity index (χ1v) is 10.5. The molecule has 3 aromatic rings. The van der Waals surface area contributed by atoms with Crippen molar-refractivity contribution >= 4 is 12.2 Å². The number of hydrogen-bond donors (Lipinski definition) is 0. The van der Waals surface area contributed by atoms with Crippen LogP contribution in [0, 0.1) is 11.8 Å². The second kappa shape index (κ2) is 9.09. The molecule has 0 saturated heterocycles. The molecule has 0 N–H and O–H groups in total. The maximum atomic E-state index is 4.14. The summed E-state index contributed by atoms with van der Waals surface area (Å²) >= 11 is 0. The summed E-state index contributed by atoms with van der Waals surface area (Å²) in [4.78, 5) is 0. The quantitative estimate of drug-likeness (QED) is 0.388. The van der Waals surface area contributed by atoms with Gasteiger partial charge >= 0.3 is 0 Å². The van der Waals surface area contributed by atoms with Crippen molar-refractivity contribution in [2.45, 2.75) is 40.7 Å². The van der Waals surface area contributed by atoms with Gasteiger partial charge in [0, 0.05) is 5.56 Å². The molecule has 150 valence electrons. The molecule has 2 heteroatoms. The van der Waals surface area contributed by atoms with Gasteiger partial charge in [0.2, 0.25) is 6.33 Å². The van der Waals surface area contributed by atoms with Crippen molar-refractivity contribution < 1.29 is 4.57 Å². The normalized spacial score (nSPS) is 11.2. The van der Waals surface area contributed by atoms with Crippen molar-refractivity contribution in [1.29, 1.82) is 0 Å². The van der Waals surface area contributed by atoms with Gasteiger partial charge in [-0.05, 0) is 59.7 Å². The van der Waals surface area contributed by atoms with Crippen LogP contribution in [0.3, 0.4) is 0 Å². The number of nitrogens with zero attached hydrogens (tertiary/aromatic N) is 2. The molecule has 0 unspecified atom stereocenters. The maximum absolute atomic E-state index is 4.14. The van der Waals surface area contributed by atoms with Crippen LogP contribution in [0.1, 0.15) is 44.5 Å². The first-order valence-electron chi connectivity index (χ1n) is 10.5. The first kappa shape index (κ1) is 20.9. The van der Waals surface area contributed by atoms with Gasteiger partial charge in [0.15, 0.2) is 11.4 Å². The molecule has 0 atom stereocenters. The van der Waals surface area contributed by atoms with Crippen LogP contribution in [0.2, 0.25) is 0 Å². The number of hydrogen-bond acceptors (Lipinski definition) is 0. The Morgan fingerprint density at radius 2 is 1.52 bits per heavy atom. The lowest BCUT2D eigenvalue weighted by atomic mass is 10.0. The Balaban J connectivity index is 2.11. The molecule has 0 aliphatic rings. The third-order valence-electron chi connectivity index (χ3n) is 5.08. The minimum atomic E-state index is 0.549. The summed E-state index contributed by atoms with van der Waals surface area (Å²) < 4.78 is 4.61. The Bertz CT molecular complexity index is 971. The lowest BCUT2D eigenvalue weighted by Crippen LogP contribution is -2.36. The van der Waals surface area contributed by atoms with Gasteiger partial charge in [-0.2, -0.15) is 4.57 Å². The van der Waals surface area contributed by atoms with Crippen molar-refractivity contribution in [1.82, 2.24) is 4.57 Å². The van der Waals surface area contributed by atoms with E-state index in [2.05, 4.69) is 105 Å². The Morgan fingerprint density at radius 3 is 2.03 bits per heavy atom. The third kappa shape index (κ3) is 4.76. The number of benzene rings is 2. The minimum Gasteiger partial charge on any atom is -0.229 e. The summed E-state index contributed by atoms with van der Waals surface area (Å²) in [6, 6.07) is 17.5. The first-order chi connectivity index (χ1) is 13.9. The second-order valence-corrected chi connectivity index (χ2v) is 8.56. The van der Waals surface area contributed by atoms with Crippen LogP contribution in [0.5, 0.6) is 0 Å². The highest BCUT2D eigenvalue weighted by molar-refractivity contribution is 5.69. The molecule has 0 bridgehead atoms. The van der Waals surface area contributed by atoms with E-state index in [1.54, 1.807) is 0 Å². The molecule has 0 fully saturated rings. The van der Waals surface area contributed by atoms with Gasteiger partial charge in [0.05, 0.1) is 6.54 Å². The fourth-order valence-electron chi connectivity index (χ4n) is 3.81. The SMILES string of the molecule is C=Cc1ccc(-c2c(C=C)n(-c3ccc(CC(C)C)cc3)c[n+]2CC(C)C)cc1. The molecule has 0 spiro atoms. The lowest BCUT2D eigenvalue weighted by Gasteiger charge is -2.06. The van der Waals surface area contributed by atoms with E-state index in [9.17, 15) is 0 Å². The lowest BCUT2D eigenvalue weighted by molar-refractivity contribution is -0.691. The number of imidazole rings is 1. The van der Waals surface area contributed by atoms with Crippen molar-refractivity contribution in [3.05, 3.63) is 84.8 Å². The smallest absolute Gasteiger partial charge is 0.229 e. The number of aromatic nitrogens is 2. The van der Waals surface area contributed by atoms with Gasteiger partial charge in [0.1, 0.15) is 5.69 Å². The summed E-state index contributed by atoms with van der Waals surface area (Å²) in [5.41, 5.74) is 7.19. The van der Waals surface area contributed by atoms with Crippen molar-refractivity contribution in [2.24, 2.45) is 11.8 Å². The van der Waals surface area contributed by atoms with Gasteiger partial charge in [0.25, 0.3) is 0 Å². The number of rotatable bonds is 8. The molecule has 1 aromatic heterocycles. The van der Waals surface area contributed by atoms with Gasteiger partial charge in [-0.3, -0.25) is 0 Å². The highest BCUT2D eigenvalue weighted by Crippen LogP contribution is 2.26. The van der Waals surface area contributed by atoms with Crippen LogP contribution < -0.4 is 4.57 Å². The molecule has 29 heavy (non-hydrogen) atoms. The molecular weight excluding hydrogens is 352 g/mol.